The van der Waals surface area contributed by atoms with Crippen LogP contribution in [0.2, 0.25) is 10.0 Å². The topological polar surface area (TPSA) is 151 Å². The van der Waals surface area contributed by atoms with Crippen molar-refractivity contribution < 1.29 is 4.39 Å². The van der Waals surface area contributed by atoms with E-state index in [1.807, 2.05) is 59.0 Å². The van der Waals surface area contributed by atoms with Gasteiger partial charge in [0.1, 0.15) is 23.1 Å². The highest BCUT2D eigenvalue weighted by Gasteiger charge is 2.22. The number of fused-ring (bicyclic) bond motifs is 3. The van der Waals surface area contributed by atoms with E-state index in [1.54, 1.807) is 12.4 Å². The second-order valence-electron chi connectivity index (χ2n) is 22.8. The second kappa shape index (κ2) is 21.0. The third kappa shape index (κ3) is 14.3. The number of benzene rings is 2. The molecule has 68 heavy (non-hydrogen) atoms. The van der Waals surface area contributed by atoms with Crippen LogP contribution in [0.1, 0.15) is 154 Å². The Balaban J connectivity index is 0.000000186. The first-order chi connectivity index (χ1) is 31.1. The molecule has 0 amide bonds. The molecule has 0 fully saturated rings. The number of halogens is 3. The molecule has 0 saturated heterocycles. The molecule has 6 heterocycles. The highest BCUT2D eigenvalue weighted by molar-refractivity contribution is 6.35. The molecule has 9 nitrogen and oxygen atoms in total. The van der Waals surface area contributed by atoms with E-state index in [0.29, 0.717) is 22.2 Å². The molecule has 366 valence electrons. The van der Waals surface area contributed by atoms with Crippen LogP contribution in [0.5, 0.6) is 0 Å². The number of anilines is 2. The summed E-state index contributed by atoms with van der Waals surface area (Å²) in [5, 5.41) is 11.9. The van der Waals surface area contributed by atoms with Crippen molar-refractivity contribution in [2.75, 3.05) is 11.5 Å². The number of aromatic amines is 3. The smallest absolute Gasteiger partial charge is 0.138 e. The van der Waals surface area contributed by atoms with E-state index in [0.717, 1.165) is 43.9 Å². The second-order valence-corrected chi connectivity index (χ2v) is 23.6. The lowest BCUT2D eigenvalue weighted by Gasteiger charge is -2.23. The molecule has 7 N–H and O–H groups in total. The van der Waals surface area contributed by atoms with Gasteiger partial charge in [0.15, 0.2) is 0 Å². The molecule has 8 rings (SSSR count). The van der Waals surface area contributed by atoms with Gasteiger partial charge < -0.3 is 21.4 Å². The average molecular weight is 965 g/mol. The molecular formula is C56H76Cl2FN9. The van der Waals surface area contributed by atoms with Crippen molar-refractivity contribution in [1.29, 1.82) is 0 Å². The van der Waals surface area contributed by atoms with Gasteiger partial charge >= 0.3 is 0 Å². The fraction of sp³-hybridized carbons (Fsp3) is 0.429. The maximum atomic E-state index is 13.8. The van der Waals surface area contributed by atoms with Crippen LogP contribution < -0.4 is 11.5 Å². The Kier molecular flexibility index (Phi) is 17.1. The normalized spacial score (nSPS) is 12.1. The maximum Gasteiger partial charge on any atom is 0.138 e. The molecule has 0 unspecified atom stereocenters. The van der Waals surface area contributed by atoms with E-state index in [9.17, 15) is 4.39 Å². The summed E-state index contributed by atoms with van der Waals surface area (Å²) < 4.78 is 13.8. The van der Waals surface area contributed by atoms with Crippen LogP contribution in [0.25, 0.3) is 32.8 Å². The summed E-state index contributed by atoms with van der Waals surface area (Å²) in [5.41, 5.74) is 24.5. The van der Waals surface area contributed by atoms with E-state index < -0.39 is 0 Å². The minimum Gasteiger partial charge on any atom is -0.384 e. The number of hydrogen-bond acceptors (Lipinski definition) is 6. The first-order valence-corrected chi connectivity index (χ1v) is 23.9. The lowest BCUT2D eigenvalue weighted by molar-refractivity contribution is 0.524. The van der Waals surface area contributed by atoms with Gasteiger partial charge in [-0.15, -0.1) is 0 Å². The molecule has 0 atom stereocenters. The summed E-state index contributed by atoms with van der Waals surface area (Å²) in [6.45, 7) is 40.4. The number of nitrogens with two attached hydrogens (primary N) is 2. The SMILES string of the molecule is CC(C)(C)c1cc2c(Cl)c[nH]c2cc1F.CC(C)(C)c1cnc2[nH]cc(Cl)c2c1.Cc1cc(N)nc(C)c1C(C)(C)C.Cc1ccc2n[nH]c(C(C)(C)C)c2c1.Cc1nc(N)ccc1C(C)(C)C. The zero-order chi connectivity index (χ0) is 51.5. The molecule has 0 aliphatic carbocycles. The van der Waals surface area contributed by atoms with E-state index in [4.69, 9.17) is 34.7 Å². The van der Waals surface area contributed by atoms with Gasteiger partial charge in [0.25, 0.3) is 0 Å². The molecule has 0 aliphatic rings. The van der Waals surface area contributed by atoms with Gasteiger partial charge in [-0.2, -0.15) is 5.10 Å². The summed E-state index contributed by atoms with van der Waals surface area (Å²) >= 11 is 12.0. The fourth-order valence-corrected chi connectivity index (χ4v) is 8.54. The quantitative estimate of drug-likeness (QED) is 0.102. The number of nitrogens with one attached hydrogen (secondary N) is 3. The number of nitrogens with zero attached hydrogens (tertiary/aromatic N) is 4. The summed E-state index contributed by atoms with van der Waals surface area (Å²) in [6.07, 6.45) is 5.35. The number of nitrogen functional groups attached to an aromatic ring is 2. The van der Waals surface area contributed by atoms with Crippen molar-refractivity contribution in [3.05, 3.63) is 140 Å². The molecule has 2 aromatic carbocycles. The van der Waals surface area contributed by atoms with Crippen molar-refractivity contribution in [2.45, 2.75) is 159 Å². The standard InChI is InChI=1S/C12H13ClFN.C12H16N2.C11H13ClN2.C11H18N2.C10H16N2/c1-12(2,3)8-4-7-9(13)6-15-11(7)5-10(8)14;1-8-5-6-10-9(7-8)11(14-13-10)12(2,3)4;1-11(2,3)7-4-8-9(12)6-14-10(8)13-5-7;1-7-6-9(12)13-8(2)10(7)11(3,4)5;1-7-8(10(2,3)4)5-6-9(11)12-7/h4-6,15H,1-3H3;5-7H,1-4H3,(H,13,14);4-6H,1-3H3,(H,13,14);6H,1-5H3,(H2,12,13);5-6H,1-4H3,(H2,11,12). The van der Waals surface area contributed by atoms with E-state index >= 15 is 0 Å². The monoisotopic (exact) mass is 964 g/mol. The minimum absolute atomic E-state index is 0.113. The van der Waals surface area contributed by atoms with Gasteiger partial charge in [-0.1, -0.05) is 145 Å². The van der Waals surface area contributed by atoms with Gasteiger partial charge in [0, 0.05) is 62.8 Å². The van der Waals surface area contributed by atoms with Crippen LogP contribution >= 0.6 is 23.2 Å². The number of H-pyrrole nitrogens is 3. The largest absolute Gasteiger partial charge is 0.384 e. The molecular weight excluding hydrogens is 889 g/mol. The predicted molar refractivity (Wildman–Crippen MR) is 290 cm³/mol. The Hall–Kier alpha value is -5.45. The van der Waals surface area contributed by atoms with E-state index in [2.05, 4.69) is 162 Å². The third-order valence-corrected chi connectivity index (χ3v) is 12.0. The zero-order valence-corrected chi connectivity index (χ0v) is 45.5. The van der Waals surface area contributed by atoms with Crippen LogP contribution in [-0.2, 0) is 27.1 Å². The summed E-state index contributed by atoms with van der Waals surface area (Å²) in [7, 11) is 0. The number of hydrogen-bond donors (Lipinski definition) is 5. The van der Waals surface area contributed by atoms with Crippen molar-refractivity contribution >= 4 is 67.7 Å². The van der Waals surface area contributed by atoms with Gasteiger partial charge in [-0.25, -0.2) is 19.3 Å². The minimum atomic E-state index is -0.209. The lowest BCUT2D eigenvalue weighted by Crippen LogP contribution is -2.16. The average Bonchev–Trinajstić information content (AvgIpc) is 3.89. The Labute approximate surface area is 414 Å². The Morgan fingerprint density at radius 1 is 0.559 bits per heavy atom. The number of pyridine rings is 3. The maximum absolute atomic E-state index is 13.8. The van der Waals surface area contributed by atoms with Crippen LogP contribution in [0.15, 0.2) is 73.2 Å². The summed E-state index contributed by atoms with van der Waals surface area (Å²) in [5.74, 6) is 1.03. The molecule has 6 aromatic heterocycles. The zero-order valence-electron chi connectivity index (χ0n) is 44.0. The van der Waals surface area contributed by atoms with Gasteiger partial charge in [0.05, 0.1) is 15.6 Å². The van der Waals surface area contributed by atoms with Gasteiger partial charge in [-0.3, -0.25) is 5.10 Å². The Bertz CT molecular complexity index is 2950. The molecule has 8 aromatic rings. The molecule has 0 saturated carbocycles. The Morgan fingerprint density at radius 2 is 1.15 bits per heavy atom. The first-order valence-electron chi connectivity index (χ1n) is 23.1. The molecule has 0 bridgehead atoms. The van der Waals surface area contributed by atoms with Crippen molar-refractivity contribution in [3.63, 3.8) is 0 Å². The lowest BCUT2D eigenvalue weighted by atomic mass is 9.83. The first kappa shape index (κ1) is 55.1. The Morgan fingerprint density at radius 3 is 1.69 bits per heavy atom. The van der Waals surface area contributed by atoms with Crippen molar-refractivity contribution in [3.8, 4) is 0 Å². The fourth-order valence-electron chi connectivity index (χ4n) is 8.13. The highest BCUT2D eigenvalue weighted by Crippen LogP contribution is 2.33. The van der Waals surface area contributed by atoms with E-state index in [-0.39, 0.29) is 32.9 Å². The van der Waals surface area contributed by atoms with Crippen LogP contribution in [-0.4, -0.2) is 35.1 Å². The van der Waals surface area contributed by atoms with Crippen LogP contribution in [0, 0.1) is 33.5 Å². The van der Waals surface area contributed by atoms with Crippen LogP contribution in [0.4, 0.5) is 16.0 Å². The summed E-state index contributed by atoms with van der Waals surface area (Å²) in [6, 6.07) is 17.6. The molecule has 12 heteroatoms. The molecule has 0 aliphatic heterocycles. The predicted octanol–water partition coefficient (Wildman–Crippen LogP) is 15.8. The molecule has 0 radical (unpaired) electrons. The number of aryl methyl sites for hydroxylation is 4. The highest BCUT2D eigenvalue weighted by atomic mass is 35.5. The van der Waals surface area contributed by atoms with Crippen molar-refractivity contribution in [2.24, 2.45) is 0 Å². The third-order valence-electron chi connectivity index (χ3n) is 11.4. The van der Waals surface area contributed by atoms with Crippen LogP contribution in [0.3, 0.4) is 0 Å². The number of rotatable bonds is 0. The summed E-state index contributed by atoms with van der Waals surface area (Å²) in [4.78, 5) is 18.8. The van der Waals surface area contributed by atoms with E-state index in [1.165, 1.54) is 45.0 Å². The number of aromatic nitrogens is 7. The molecule has 0 spiro atoms. The van der Waals surface area contributed by atoms with Crippen molar-refractivity contribution in [1.82, 2.24) is 35.1 Å². The van der Waals surface area contributed by atoms with Gasteiger partial charge in [0.2, 0.25) is 0 Å². The van der Waals surface area contributed by atoms with Gasteiger partial charge in [-0.05, 0) is 120 Å².